The van der Waals surface area contributed by atoms with Gasteiger partial charge in [0.2, 0.25) is 0 Å². The Morgan fingerprint density at radius 1 is 1.03 bits per heavy atom. The highest BCUT2D eigenvalue weighted by Crippen LogP contribution is 2.36. The van der Waals surface area contributed by atoms with Crippen LogP contribution in [-0.4, -0.2) is 44.7 Å². The molecule has 35 heavy (non-hydrogen) atoms. The van der Waals surface area contributed by atoms with Crippen LogP contribution in [0.3, 0.4) is 0 Å². The van der Waals surface area contributed by atoms with Gasteiger partial charge in [0, 0.05) is 24.3 Å². The van der Waals surface area contributed by atoms with Crippen molar-refractivity contribution in [1.29, 1.82) is 0 Å². The Labute approximate surface area is 205 Å². The van der Waals surface area contributed by atoms with Gasteiger partial charge in [-0.2, -0.15) is 0 Å². The number of thiophene rings is 1. The summed E-state index contributed by atoms with van der Waals surface area (Å²) in [6.45, 7) is 0. The molecule has 1 aromatic carbocycles. The fourth-order valence-corrected chi connectivity index (χ4v) is 6.54. The Morgan fingerprint density at radius 2 is 1.83 bits per heavy atom. The minimum absolute atomic E-state index is 0.0963. The van der Waals surface area contributed by atoms with Gasteiger partial charge in [-0.15, -0.1) is 11.3 Å². The van der Waals surface area contributed by atoms with Crippen molar-refractivity contribution in [2.24, 2.45) is 0 Å². The minimum Gasteiger partial charge on any atom is -0.490 e. The van der Waals surface area contributed by atoms with Crippen LogP contribution in [0.5, 0.6) is 5.75 Å². The van der Waals surface area contributed by atoms with Crippen LogP contribution in [0.25, 0.3) is 37.6 Å². The Balaban J connectivity index is 1.15. The van der Waals surface area contributed by atoms with Crippen LogP contribution in [0.15, 0.2) is 70.3 Å². The van der Waals surface area contributed by atoms with Gasteiger partial charge in [-0.05, 0) is 75.2 Å². The first-order chi connectivity index (χ1) is 17.1. The van der Waals surface area contributed by atoms with Crippen molar-refractivity contribution in [3.05, 3.63) is 71.4 Å². The summed E-state index contributed by atoms with van der Waals surface area (Å²) in [4.78, 5) is 25.6. The van der Waals surface area contributed by atoms with Crippen LogP contribution in [0, 0.1) is 0 Å². The van der Waals surface area contributed by atoms with Crippen molar-refractivity contribution >= 4 is 32.7 Å². The molecular formula is C27H24N4O3S. The van der Waals surface area contributed by atoms with Gasteiger partial charge in [0.25, 0.3) is 5.56 Å². The second-order valence-corrected chi connectivity index (χ2v) is 10.5. The smallest absolute Gasteiger partial charge is 0.275 e. The van der Waals surface area contributed by atoms with Gasteiger partial charge in [0.05, 0.1) is 16.1 Å². The average molecular weight is 485 g/mol. The van der Waals surface area contributed by atoms with Crippen LogP contribution < -0.4 is 10.3 Å². The van der Waals surface area contributed by atoms with E-state index >= 15 is 0 Å². The fraction of sp³-hybridized carbons (Fsp3) is 0.296. The van der Waals surface area contributed by atoms with E-state index in [1.54, 1.807) is 17.1 Å². The first kappa shape index (κ1) is 20.8. The molecule has 2 aliphatic rings. The lowest BCUT2D eigenvalue weighted by Crippen LogP contribution is -2.43. The molecule has 8 heteroatoms. The molecule has 0 N–H and O–H groups in total. The Hall–Kier alpha value is -3.49. The van der Waals surface area contributed by atoms with Crippen molar-refractivity contribution < 1.29 is 9.15 Å². The van der Waals surface area contributed by atoms with Gasteiger partial charge in [0.15, 0.2) is 5.58 Å². The maximum Gasteiger partial charge on any atom is 0.275 e. The van der Waals surface area contributed by atoms with Crippen molar-refractivity contribution in [2.45, 2.75) is 43.9 Å². The number of aromatic nitrogens is 3. The van der Waals surface area contributed by atoms with Gasteiger partial charge >= 0.3 is 0 Å². The zero-order chi connectivity index (χ0) is 23.5. The van der Waals surface area contributed by atoms with Gasteiger partial charge in [-0.1, -0.05) is 0 Å². The minimum atomic E-state index is -0.0963. The molecule has 2 saturated heterocycles. The molecule has 3 atom stereocenters. The number of ether oxygens (including phenoxy) is 1. The number of benzene rings is 1. The average Bonchev–Trinajstić information content (AvgIpc) is 3.54. The summed E-state index contributed by atoms with van der Waals surface area (Å²) in [6, 6.07) is 16.6. The van der Waals surface area contributed by atoms with Crippen molar-refractivity contribution in [1.82, 2.24) is 19.4 Å². The van der Waals surface area contributed by atoms with Crippen molar-refractivity contribution in [3.63, 3.8) is 0 Å². The van der Waals surface area contributed by atoms with Crippen molar-refractivity contribution in [3.8, 4) is 22.1 Å². The first-order valence-electron chi connectivity index (χ1n) is 12.0. The summed E-state index contributed by atoms with van der Waals surface area (Å²) in [7, 11) is 2.24. The summed E-state index contributed by atoms with van der Waals surface area (Å²) in [5.41, 5.74) is 2.85. The number of piperidine rings is 1. The zero-order valence-electron chi connectivity index (χ0n) is 19.3. The number of rotatable bonds is 4. The Kier molecular flexibility index (Phi) is 4.78. The third-order valence-electron chi connectivity index (χ3n) is 7.44. The molecule has 2 fully saturated rings. The van der Waals surface area contributed by atoms with E-state index in [2.05, 4.69) is 21.9 Å². The summed E-state index contributed by atoms with van der Waals surface area (Å²) in [5, 5.41) is 0. The number of hydrogen-bond acceptors (Lipinski definition) is 7. The normalized spacial score (nSPS) is 22.3. The molecule has 2 aliphatic heterocycles. The predicted molar refractivity (Wildman–Crippen MR) is 136 cm³/mol. The largest absolute Gasteiger partial charge is 0.490 e. The quantitative estimate of drug-likeness (QED) is 0.347. The fourth-order valence-electron chi connectivity index (χ4n) is 5.54. The van der Waals surface area contributed by atoms with Crippen LogP contribution in [0.1, 0.15) is 25.7 Å². The number of pyridine rings is 1. The number of nitrogens with zero attached hydrogens (tertiary/aromatic N) is 4. The molecular weight excluding hydrogens is 460 g/mol. The van der Waals surface area contributed by atoms with Gasteiger partial charge in [0.1, 0.15) is 34.2 Å². The molecule has 5 aromatic rings. The lowest BCUT2D eigenvalue weighted by atomic mass is 10.0. The van der Waals surface area contributed by atoms with Gasteiger partial charge in [-0.25, -0.2) is 4.98 Å². The highest BCUT2D eigenvalue weighted by Gasteiger charge is 2.39. The molecule has 0 spiro atoms. The highest BCUT2D eigenvalue weighted by molar-refractivity contribution is 7.22. The molecule has 0 saturated carbocycles. The monoisotopic (exact) mass is 484 g/mol. The van der Waals surface area contributed by atoms with Crippen LogP contribution in [0.2, 0.25) is 0 Å². The van der Waals surface area contributed by atoms with E-state index in [1.165, 1.54) is 24.2 Å². The number of hydrogen-bond donors (Lipinski definition) is 0. The molecule has 4 aromatic heterocycles. The summed E-state index contributed by atoms with van der Waals surface area (Å²) >= 11 is 1.39. The van der Waals surface area contributed by atoms with Gasteiger partial charge < -0.3 is 14.1 Å². The molecule has 2 bridgehead atoms. The molecule has 7 nitrogen and oxygen atoms in total. The van der Waals surface area contributed by atoms with E-state index in [4.69, 9.17) is 9.15 Å². The third-order valence-corrected chi connectivity index (χ3v) is 8.57. The van der Waals surface area contributed by atoms with E-state index in [0.717, 1.165) is 40.3 Å². The lowest BCUT2D eigenvalue weighted by Gasteiger charge is -2.36. The van der Waals surface area contributed by atoms with Crippen LogP contribution >= 0.6 is 11.3 Å². The Morgan fingerprint density at radius 3 is 2.60 bits per heavy atom. The van der Waals surface area contributed by atoms with E-state index in [-0.39, 0.29) is 11.7 Å². The number of fused-ring (bicyclic) bond motifs is 4. The second-order valence-electron chi connectivity index (χ2n) is 9.50. The maximum absolute atomic E-state index is 13.3. The number of furan rings is 1. The summed E-state index contributed by atoms with van der Waals surface area (Å²) in [5.74, 6) is 1.54. The topological polar surface area (TPSA) is 73.4 Å². The molecule has 0 aliphatic carbocycles. The second kappa shape index (κ2) is 8.03. The van der Waals surface area contributed by atoms with E-state index in [1.807, 2.05) is 48.5 Å². The molecule has 1 unspecified atom stereocenters. The van der Waals surface area contributed by atoms with Crippen LogP contribution in [0.4, 0.5) is 0 Å². The third kappa shape index (κ3) is 3.56. The summed E-state index contributed by atoms with van der Waals surface area (Å²) in [6.07, 6.45) is 8.29. The molecule has 6 heterocycles. The molecule has 176 valence electrons. The SMILES string of the molecule is CN1[C@@H]2CC[C@H]1CC(Oc1ccc(-n3cnc4cc(-c5cc6ncccc6o5)sc4c3=O)cc1)C2. The zero-order valence-corrected chi connectivity index (χ0v) is 20.1. The highest BCUT2D eigenvalue weighted by atomic mass is 32.1. The van der Waals surface area contributed by atoms with E-state index in [0.29, 0.717) is 28.1 Å². The predicted octanol–water partition coefficient (Wildman–Crippen LogP) is 5.26. The summed E-state index contributed by atoms with van der Waals surface area (Å²) < 4.78 is 14.4. The maximum atomic E-state index is 13.3. The standard InChI is InChI=1S/C27H24N4O3S/c1-30-17-4-5-18(30)12-20(11-17)33-19-8-6-16(7-9-19)31-15-29-22-14-25(35-26(22)27(31)32)24-13-21-23(34-24)3-2-10-28-21/h2-3,6-10,13-15,17-18,20H,4-5,11-12H2,1H3/t17-,18+,20?. The van der Waals surface area contributed by atoms with Crippen LogP contribution in [-0.2, 0) is 0 Å². The van der Waals surface area contributed by atoms with Crippen molar-refractivity contribution in [2.75, 3.05) is 7.05 Å². The van der Waals surface area contributed by atoms with E-state index in [9.17, 15) is 4.79 Å². The first-order valence-corrected chi connectivity index (χ1v) is 12.8. The lowest BCUT2D eigenvalue weighted by molar-refractivity contribution is 0.0662. The molecule has 7 rings (SSSR count). The Bertz CT molecular complexity index is 1560. The van der Waals surface area contributed by atoms with Gasteiger partial charge in [-0.3, -0.25) is 14.3 Å². The molecule has 0 amide bonds. The molecule has 0 radical (unpaired) electrons. The van der Waals surface area contributed by atoms with E-state index < -0.39 is 0 Å².